The van der Waals surface area contributed by atoms with Crippen molar-refractivity contribution in [1.29, 1.82) is 0 Å². The van der Waals surface area contributed by atoms with Crippen LogP contribution in [-0.2, 0) is 6.42 Å². The molecule has 0 saturated heterocycles. The van der Waals surface area contributed by atoms with Gasteiger partial charge in [0.2, 0.25) is 0 Å². The second kappa shape index (κ2) is 7.89. The minimum atomic E-state index is -0.238. The fourth-order valence-electron chi connectivity index (χ4n) is 3.60. The highest BCUT2D eigenvalue weighted by molar-refractivity contribution is 6.16. The maximum absolute atomic E-state index is 13.4. The number of hydrogen-bond acceptors (Lipinski definition) is 2. The lowest BCUT2D eigenvalue weighted by atomic mass is 9.95. The summed E-state index contributed by atoms with van der Waals surface area (Å²) in [6.07, 6.45) is 5.42. The zero-order chi connectivity index (χ0) is 19.5. The van der Waals surface area contributed by atoms with E-state index in [-0.39, 0.29) is 5.82 Å². The molecule has 140 valence electrons. The van der Waals surface area contributed by atoms with E-state index >= 15 is 0 Å². The van der Waals surface area contributed by atoms with Gasteiger partial charge in [0.1, 0.15) is 5.82 Å². The highest BCUT2D eigenvalue weighted by Gasteiger charge is 2.21. The molecule has 28 heavy (non-hydrogen) atoms. The first-order valence-electron chi connectivity index (χ1n) is 9.66. The van der Waals surface area contributed by atoms with E-state index < -0.39 is 0 Å². The van der Waals surface area contributed by atoms with Gasteiger partial charge >= 0.3 is 0 Å². The zero-order valence-corrected chi connectivity index (χ0v) is 16.2. The molecule has 2 heterocycles. The molecule has 0 aliphatic carbocycles. The van der Waals surface area contributed by atoms with Crippen molar-refractivity contribution in [2.24, 2.45) is 10.9 Å². The van der Waals surface area contributed by atoms with E-state index in [4.69, 9.17) is 4.99 Å². The Bertz CT molecular complexity index is 1010. The van der Waals surface area contributed by atoms with Crippen molar-refractivity contribution in [2.75, 3.05) is 0 Å². The van der Waals surface area contributed by atoms with Gasteiger partial charge in [-0.05, 0) is 71.0 Å². The van der Waals surface area contributed by atoms with Gasteiger partial charge in [-0.3, -0.25) is 9.98 Å². The Morgan fingerprint density at radius 3 is 2.11 bits per heavy atom. The van der Waals surface area contributed by atoms with Crippen LogP contribution in [0.5, 0.6) is 0 Å². The Balaban J connectivity index is 1.70. The standard InChI is InChI=1S/C25H23FN2/c1-17(2)15-18-3-5-20(6-4-18)24-16-23(19-11-13-27-14-12-19)25(28-24)21-7-9-22(26)10-8-21/h3-14,17H,15-16H2,1-2H3. The molecule has 0 unspecified atom stereocenters. The number of aliphatic imine (C=N–C) groups is 1. The quantitative estimate of drug-likeness (QED) is 0.526. The highest BCUT2D eigenvalue weighted by atomic mass is 19.1. The molecule has 3 heteroatoms. The van der Waals surface area contributed by atoms with Gasteiger partial charge in [0.15, 0.2) is 0 Å². The summed E-state index contributed by atoms with van der Waals surface area (Å²) in [5.41, 5.74) is 7.61. The van der Waals surface area contributed by atoms with Crippen molar-refractivity contribution in [3.05, 3.63) is 101 Å². The third kappa shape index (κ3) is 3.94. The van der Waals surface area contributed by atoms with Crippen molar-refractivity contribution in [3.8, 4) is 0 Å². The lowest BCUT2D eigenvalue weighted by Crippen LogP contribution is -2.00. The monoisotopic (exact) mass is 370 g/mol. The second-order valence-corrected chi connectivity index (χ2v) is 7.60. The molecule has 2 nitrogen and oxygen atoms in total. The molecule has 0 saturated carbocycles. The molecule has 1 aliphatic heterocycles. The molecule has 2 aromatic carbocycles. The first-order chi connectivity index (χ1) is 13.6. The third-order valence-electron chi connectivity index (χ3n) is 4.95. The summed E-state index contributed by atoms with van der Waals surface area (Å²) in [6, 6.07) is 19.3. The minimum Gasteiger partial charge on any atom is -0.265 e. The molecular weight excluding hydrogens is 347 g/mol. The van der Waals surface area contributed by atoms with Crippen LogP contribution in [0.3, 0.4) is 0 Å². The van der Waals surface area contributed by atoms with Crippen LogP contribution < -0.4 is 0 Å². The molecule has 4 rings (SSSR count). The first kappa shape index (κ1) is 18.3. The van der Waals surface area contributed by atoms with Gasteiger partial charge in [-0.2, -0.15) is 0 Å². The number of allylic oxidation sites excluding steroid dienone is 1. The summed E-state index contributed by atoms with van der Waals surface area (Å²) in [5.74, 6) is 0.400. The molecule has 3 aromatic rings. The van der Waals surface area contributed by atoms with E-state index in [0.717, 1.165) is 46.5 Å². The first-order valence-corrected chi connectivity index (χ1v) is 9.66. The van der Waals surface area contributed by atoms with Crippen LogP contribution in [0.25, 0.3) is 11.3 Å². The van der Waals surface area contributed by atoms with Gasteiger partial charge in [-0.1, -0.05) is 38.1 Å². The fraction of sp³-hybridized carbons (Fsp3) is 0.200. The van der Waals surface area contributed by atoms with Gasteiger partial charge < -0.3 is 0 Å². The van der Waals surface area contributed by atoms with Gasteiger partial charge in [0.05, 0.1) is 11.4 Å². The van der Waals surface area contributed by atoms with Gasteiger partial charge in [-0.15, -0.1) is 0 Å². The highest BCUT2D eigenvalue weighted by Crippen LogP contribution is 2.37. The van der Waals surface area contributed by atoms with Gasteiger partial charge in [0, 0.05) is 24.4 Å². The average Bonchev–Trinajstić information content (AvgIpc) is 3.15. The number of benzene rings is 2. The summed E-state index contributed by atoms with van der Waals surface area (Å²) in [4.78, 5) is 9.09. The number of rotatable bonds is 5. The van der Waals surface area contributed by atoms with Crippen molar-refractivity contribution in [2.45, 2.75) is 26.7 Å². The third-order valence-corrected chi connectivity index (χ3v) is 4.95. The molecule has 0 radical (unpaired) electrons. The van der Waals surface area contributed by atoms with Crippen LogP contribution in [0.15, 0.2) is 78.0 Å². The summed E-state index contributed by atoms with van der Waals surface area (Å²) >= 11 is 0. The zero-order valence-electron chi connectivity index (χ0n) is 16.2. The van der Waals surface area contributed by atoms with Crippen LogP contribution in [0.1, 0.15) is 42.5 Å². The SMILES string of the molecule is CC(C)Cc1ccc(C2=NC(c3ccc(F)cc3)=C(c3ccncc3)C2)cc1. The Labute approximate surface area is 165 Å². The molecule has 0 N–H and O–H groups in total. The lowest BCUT2D eigenvalue weighted by Gasteiger charge is -2.07. The van der Waals surface area contributed by atoms with E-state index in [2.05, 4.69) is 43.1 Å². The molecule has 1 aromatic heterocycles. The maximum atomic E-state index is 13.4. The van der Waals surface area contributed by atoms with Crippen molar-refractivity contribution >= 4 is 17.0 Å². The van der Waals surface area contributed by atoms with Crippen LogP contribution in [0.4, 0.5) is 4.39 Å². The number of nitrogens with zero attached hydrogens (tertiary/aromatic N) is 2. The second-order valence-electron chi connectivity index (χ2n) is 7.60. The summed E-state index contributed by atoms with van der Waals surface area (Å²) in [7, 11) is 0. The molecule has 1 aliphatic rings. The van der Waals surface area contributed by atoms with E-state index in [1.807, 2.05) is 12.1 Å². The van der Waals surface area contributed by atoms with Crippen LogP contribution in [0.2, 0.25) is 0 Å². The summed E-state index contributed by atoms with van der Waals surface area (Å²) in [6.45, 7) is 4.46. The maximum Gasteiger partial charge on any atom is 0.123 e. The molecule has 0 spiro atoms. The minimum absolute atomic E-state index is 0.238. The average molecular weight is 370 g/mol. The fourth-order valence-corrected chi connectivity index (χ4v) is 3.60. The van der Waals surface area contributed by atoms with E-state index in [1.54, 1.807) is 24.5 Å². The molecule has 0 fully saturated rings. The Morgan fingerprint density at radius 1 is 0.821 bits per heavy atom. The number of hydrogen-bond donors (Lipinski definition) is 0. The number of pyridine rings is 1. The van der Waals surface area contributed by atoms with E-state index in [0.29, 0.717) is 5.92 Å². The van der Waals surface area contributed by atoms with Gasteiger partial charge in [0.25, 0.3) is 0 Å². The molecule has 0 amide bonds. The molecular formula is C25H23FN2. The van der Waals surface area contributed by atoms with Crippen LogP contribution in [0, 0.1) is 11.7 Å². The largest absolute Gasteiger partial charge is 0.265 e. The summed E-state index contributed by atoms with van der Waals surface area (Å²) < 4.78 is 13.4. The summed E-state index contributed by atoms with van der Waals surface area (Å²) in [5, 5.41) is 0. The predicted molar refractivity (Wildman–Crippen MR) is 114 cm³/mol. The molecule has 0 bridgehead atoms. The Morgan fingerprint density at radius 2 is 1.46 bits per heavy atom. The lowest BCUT2D eigenvalue weighted by molar-refractivity contribution is 0.627. The predicted octanol–water partition coefficient (Wildman–Crippen LogP) is 6.18. The normalized spacial score (nSPS) is 13.9. The van der Waals surface area contributed by atoms with Crippen molar-refractivity contribution in [3.63, 3.8) is 0 Å². The number of halogens is 1. The topological polar surface area (TPSA) is 25.2 Å². The smallest absolute Gasteiger partial charge is 0.123 e. The van der Waals surface area contributed by atoms with E-state index in [1.165, 1.54) is 17.7 Å². The van der Waals surface area contributed by atoms with Crippen molar-refractivity contribution in [1.82, 2.24) is 4.98 Å². The van der Waals surface area contributed by atoms with Crippen LogP contribution >= 0.6 is 0 Å². The van der Waals surface area contributed by atoms with Gasteiger partial charge in [-0.25, -0.2) is 4.39 Å². The van der Waals surface area contributed by atoms with Crippen LogP contribution in [-0.4, -0.2) is 10.7 Å². The molecule has 0 atom stereocenters. The van der Waals surface area contributed by atoms with Crippen molar-refractivity contribution < 1.29 is 4.39 Å². The van der Waals surface area contributed by atoms with E-state index in [9.17, 15) is 4.39 Å². The Kier molecular flexibility index (Phi) is 5.16. The Hall–Kier alpha value is -3.07. The number of aromatic nitrogens is 1.